The molecule has 0 bridgehead atoms. The van der Waals surface area contributed by atoms with Gasteiger partial charge in [0.2, 0.25) is 5.89 Å². The van der Waals surface area contributed by atoms with E-state index in [4.69, 9.17) is 14.0 Å². The number of pyridine rings is 1. The van der Waals surface area contributed by atoms with Crippen molar-refractivity contribution < 1.29 is 18.8 Å². The van der Waals surface area contributed by atoms with Crippen molar-refractivity contribution in [3.8, 4) is 11.4 Å². The van der Waals surface area contributed by atoms with Crippen molar-refractivity contribution in [3.63, 3.8) is 0 Å². The molecule has 0 aliphatic rings. The SMILES string of the molecule is CN(Cc1cc(-c2ccccn2)no1)Cc1nc(C(=O)O)co1. The number of oxazole rings is 1. The molecule has 8 nitrogen and oxygen atoms in total. The molecule has 23 heavy (non-hydrogen) atoms. The van der Waals surface area contributed by atoms with Gasteiger partial charge in [0, 0.05) is 12.3 Å². The fraction of sp³-hybridized carbons (Fsp3) is 0.200. The van der Waals surface area contributed by atoms with Gasteiger partial charge in [0.25, 0.3) is 0 Å². The Kier molecular flexibility index (Phi) is 4.15. The van der Waals surface area contributed by atoms with Gasteiger partial charge in [-0.15, -0.1) is 0 Å². The van der Waals surface area contributed by atoms with E-state index in [1.807, 2.05) is 36.2 Å². The molecule has 3 rings (SSSR count). The monoisotopic (exact) mass is 314 g/mol. The standard InChI is InChI=1S/C15H14N4O4/c1-19(8-14-17-13(9-22-14)15(20)21)7-10-6-12(18-23-10)11-4-2-3-5-16-11/h2-6,9H,7-8H2,1H3,(H,20,21). The summed E-state index contributed by atoms with van der Waals surface area (Å²) in [5.41, 5.74) is 1.30. The molecule has 8 heteroatoms. The van der Waals surface area contributed by atoms with Gasteiger partial charge in [-0.25, -0.2) is 9.78 Å². The third kappa shape index (κ3) is 3.61. The molecule has 0 unspecified atom stereocenters. The number of rotatable bonds is 6. The van der Waals surface area contributed by atoms with Crippen LogP contribution in [0.4, 0.5) is 0 Å². The summed E-state index contributed by atoms with van der Waals surface area (Å²) in [5, 5.41) is 12.8. The van der Waals surface area contributed by atoms with E-state index in [1.165, 1.54) is 0 Å². The summed E-state index contributed by atoms with van der Waals surface area (Å²) in [6.07, 6.45) is 2.82. The second-order valence-electron chi connectivity index (χ2n) is 5.00. The molecule has 118 valence electrons. The van der Waals surface area contributed by atoms with Gasteiger partial charge < -0.3 is 14.0 Å². The minimum Gasteiger partial charge on any atom is -0.476 e. The molecular weight excluding hydrogens is 300 g/mol. The van der Waals surface area contributed by atoms with Crippen LogP contribution < -0.4 is 0 Å². The minimum absolute atomic E-state index is 0.106. The maximum Gasteiger partial charge on any atom is 0.357 e. The summed E-state index contributed by atoms with van der Waals surface area (Å²) in [6, 6.07) is 7.38. The lowest BCUT2D eigenvalue weighted by Crippen LogP contribution is -2.17. The summed E-state index contributed by atoms with van der Waals surface area (Å²) in [7, 11) is 1.84. The Morgan fingerprint density at radius 2 is 2.17 bits per heavy atom. The van der Waals surface area contributed by atoms with Gasteiger partial charge in [-0.1, -0.05) is 11.2 Å². The molecule has 0 aliphatic heterocycles. The van der Waals surface area contributed by atoms with Crippen molar-refractivity contribution in [2.24, 2.45) is 0 Å². The van der Waals surface area contributed by atoms with Gasteiger partial charge in [0.15, 0.2) is 11.5 Å². The van der Waals surface area contributed by atoms with Crippen LogP contribution in [0.1, 0.15) is 22.1 Å². The zero-order chi connectivity index (χ0) is 16.2. The van der Waals surface area contributed by atoms with Crippen LogP contribution in [0.2, 0.25) is 0 Å². The Morgan fingerprint density at radius 3 is 2.87 bits per heavy atom. The fourth-order valence-corrected chi connectivity index (χ4v) is 2.06. The molecule has 0 radical (unpaired) electrons. The molecule has 3 heterocycles. The van der Waals surface area contributed by atoms with Crippen LogP contribution in [0, 0.1) is 0 Å². The lowest BCUT2D eigenvalue weighted by atomic mass is 10.2. The first-order valence-electron chi connectivity index (χ1n) is 6.85. The fourth-order valence-electron chi connectivity index (χ4n) is 2.06. The van der Waals surface area contributed by atoms with Crippen LogP contribution >= 0.6 is 0 Å². The highest BCUT2D eigenvalue weighted by molar-refractivity contribution is 5.84. The van der Waals surface area contributed by atoms with Crippen LogP contribution in [0.5, 0.6) is 0 Å². The molecule has 0 aromatic carbocycles. The van der Waals surface area contributed by atoms with E-state index < -0.39 is 5.97 Å². The molecule has 0 saturated heterocycles. The maximum atomic E-state index is 10.8. The smallest absolute Gasteiger partial charge is 0.357 e. The predicted octanol–water partition coefficient (Wildman–Crippen LogP) is 2.05. The van der Waals surface area contributed by atoms with E-state index in [-0.39, 0.29) is 5.69 Å². The van der Waals surface area contributed by atoms with E-state index in [1.54, 1.807) is 6.20 Å². The highest BCUT2D eigenvalue weighted by atomic mass is 16.5. The lowest BCUT2D eigenvalue weighted by Gasteiger charge is -2.11. The van der Waals surface area contributed by atoms with E-state index in [0.717, 1.165) is 12.0 Å². The first-order chi connectivity index (χ1) is 11.1. The molecule has 0 saturated carbocycles. The number of hydrogen-bond donors (Lipinski definition) is 1. The van der Waals surface area contributed by atoms with E-state index in [9.17, 15) is 4.79 Å². The van der Waals surface area contributed by atoms with Crippen LogP contribution in [0.25, 0.3) is 11.4 Å². The Hall–Kier alpha value is -3.00. The Bertz CT molecular complexity index is 797. The number of nitrogens with zero attached hydrogens (tertiary/aromatic N) is 4. The van der Waals surface area contributed by atoms with Crippen molar-refractivity contribution in [1.29, 1.82) is 0 Å². The van der Waals surface area contributed by atoms with Gasteiger partial charge in [-0.3, -0.25) is 9.88 Å². The van der Waals surface area contributed by atoms with Crippen molar-refractivity contribution in [1.82, 2.24) is 20.0 Å². The summed E-state index contributed by atoms with van der Waals surface area (Å²) in [5.74, 6) is -0.120. The third-order valence-electron chi connectivity index (χ3n) is 3.09. The molecule has 3 aromatic rings. The van der Waals surface area contributed by atoms with Gasteiger partial charge in [0.1, 0.15) is 12.0 Å². The maximum absolute atomic E-state index is 10.8. The second-order valence-corrected chi connectivity index (χ2v) is 5.00. The average molecular weight is 314 g/mol. The van der Waals surface area contributed by atoms with Gasteiger partial charge in [-0.2, -0.15) is 0 Å². The summed E-state index contributed by atoms with van der Waals surface area (Å²) in [4.78, 5) is 20.7. The molecule has 3 aromatic heterocycles. The van der Waals surface area contributed by atoms with Gasteiger partial charge >= 0.3 is 5.97 Å². The number of carboxylic acid groups (broad SMARTS) is 1. The summed E-state index contributed by atoms with van der Waals surface area (Å²) >= 11 is 0. The average Bonchev–Trinajstić information content (AvgIpc) is 3.18. The van der Waals surface area contributed by atoms with Gasteiger partial charge in [0.05, 0.1) is 18.8 Å². The van der Waals surface area contributed by atoms with Crippen molar-refractivity contribution in [2.45, 2.75) is 13.1 Å². The first kappa shape index (κ1) is 14.9. The van der Waals surface area contributed by atoms with Crippen molar-refractivity contribution in [3.05, 3.63) is 54.1 Å². The Labute approximate surface area is 131 Å². The topological polar surface area (TPSA) is 105 Å². The number of aromatic nitrogens is 3. The normalized spacial score (nSPS) is 11.0. The first-order valence-corrected chi connectivity index (χ1v) is 6.85. The predicted molar refractivity (Wildman–Crippen MR) is 78.4 cm³/mol. The Balaban J connectivity index is 1.62. The zero-order valence-electron chi connectivity index (χ0n) is 12.3. The number of hydrogen-bond acceptors (Lipinski definition) is 7. The highest BCUT2D eigenvalue weighted by Gasteiger charge is 2.14. The molecule has 0 aliphatic carbocycles. The number of aromatic carboxylic acids is 1. The van der Waals surface area contributed by atoms with Crippen LogP contribution in [0.3, 0.4) is 0 Å². The van der Waals surface area contributed by atoms with Crippen molar-refractivity contribution >= 4 is 5.97 Å². The van der Waals surface area contributed by atoms with E-state index in [0.29, 0.717) is 30.4 Å². The third-order valence-corrected chi connectivity index (χ3v) is 3.09. The number of carbonyl (C=O) groups is 1. The molecule has 0 atom stereocenters. The van der Waals surface area contributed by atoms with E-state index in [2.05, 4.69) is 15.1 Å². The van der Waals surface area contributed by atoms with Crippen molar-refractivity contribution in [2.75, 3.05) is 7.05 Å². The molecule has 0 amide bonds. The molecule has 1 N–H and O–H groups in total. The second kappa shape index (κ2) is 6.41. The molecule has 0 fully saturated rings. The lowest BCUT2D eigenvalue weighted by molar-refractivity contribution is 0.0690. The molecular formula is C15H14N4O4. The zero-order valence-corrected chi connectivity index (χ0v) is 12.3. The van der Waals surface area contributed by atoms with Gasteiger partial charge in [-0.05, 0) is 19.2 Å². The van der Waals surface area contributed by atoms with Crippen LogP contribution in [-0.4, -0.2) is 38.1 Å². The highest BCUT2D eigenvalue weighted by Crippen LogP contribution is 2.17. The minimum atomic E-state index is -1.11. The molecule has 0 spiro atoms. The number of carboxylic acids is 1. The summed E-state index contributed by atoms with van der Waals surface area (Å²) < 4.78 is 10.4. The van der Waals surface area contributed by atoms with E-state index >= 15 is 0 Å². The largest absolute Gasteiger partial charge is 0.476 e. The summed E-state index contributed by atoms with van der Waals surface area (Å²) in [6.45, 7) is 0.831. The van der Waals surface area contributed by atoms with Crippen LogP contribution in [0.15, 0.2) is 45.7 Å². The van der Waals surface area contributed by atoms with Crippen LogP contribution in [-0.2, 0) is 13.1 Å². The Morgan fingerprint density at radius 1 is 1.30 bits per heavy atom. The quantitative estimate of drug-likeness (QED) is 0.737.